The first-order valence-corrected chi connectivity index (χ1v) is 20.7. The Morgan fingerprint density at radius 3 is 2.34 bits per heavy atom. The minimum atomic E-state index is -0.618. The van der Waals surface area contributed by atoms with E-state index in [1.54, 1.807) is 34.1 Å². The number of hydrogen-bond acceptors (Lipinski definition) is 9. The lowest BCUT2D eigenvalue weighted by molar-refractivity contribution is -0.136. The molecular weight excluding hydrogens is 761 g/mol. The molecule has 304 valence electrons. The maximum Gasteiger partial charge on any atom is 0.322 e. The predicted molar refractivity (Wildman–Crippen MR) is 221 cm³/mol. The van der Waals surface area contributed by atoms with Crippen LogP contribution < -0.4 is 25.3 Å². The molecule has 0 aliphatic carbocycles. The van der Waals surface area contributed by atoms with Gasteiger partial charge in [0, 0.05) is 107 Å². The fraction of sp³-hybridized carbons (Fsp3) is 0.465. The second kappa shape index (κ2) is 16.5. The van der Waals surface area contributed by atoms with Gasteiger partial charge in [-0.05, 0) is 99.2 Å². The van der Waals surface area contributed by atoms with Gasteiger partial charge in [0.05, 0.1) is 16.3 Å². The third-order valence-electron chi connectivity index (χ3n) is 12.6. The molecule has 0 spiro atoms. The first-order chi connectivity index (χ1) is 27.9. The average molecular weight is 810 g/mol. The lowest BCUT2D eigenvalue weighted by atomic mass is 9.95. The maximum atomic E-state index is 15.6. The Hall–Kier alpha value is -5.39. The molecular formula is C43H49ClFN9O4. The van der Waals surface area contributed by atoms with Gasteiger partial charge < -0.3 is 29.8 Å². The summed E-state index contributed by atoms with van der Waals surface area (Å²) in [6, 6.07) is 17.4. The summed E-state index contributed by atoms with van der Waals surface area (Å²) >= 11 is 6.30. The molecule has 4 fully saturated rings. The van der Waals surface area contributed by atoms with Crippen molar-refractivity contribution >= 4 is 58.1 Å². The number of piperidine rings is 2. The molecule has 0 saturated carbocycles. The fourth-order valence-electron chi connectivity index (χ4n) is 9.25. The lowest BCUT2D eigenvalue weighted by Gasteiger charge is -2.45. The van der Waals surface area contributed by atoms with E-state index in [4.69, 9.17) is 11.6 Å². The van der Waals surface area contributed by atoms with E-state index in [2.05, 4.69) is 42.4 Å². The molecule has 1 unspecified atom stereocenters. The number of carbonyl (C=O) groups is 4. The molecule has 15 heteroatoms. The van der Waals surface area contributed by atoms with Gasteiger partial charge in [-0.2, -0.15) is 5.26 Å². The van der Waals surface area contributed by atoms with E-state index in [1.165, 1.54) is 6.07 Å². The Balaban J connectivity index is 0.784. The SMILES string of the molecule is C[C@@H]1CN(c2ccc(C#N)c(Cl)c2)[C@@H](C)CN1C(=O)Nc1ccc(N2CCC(CN3CCN(c4ccc5c(c4)CN(C4CCC(=O)NC4=O)C5=O)CC3)CC2)c(F)c1. The predicted octanol–water partition coefficient (Wildman–Crippen LogP) is 5.28. The average Bonchev–Trinajstić information content (AvgIpc) is 3.54. The smallest absolute Gasteiger partial charge is 0.322 e. The second-order valence-electron chi connectivity index (χ2n) is 16.3. The molecule has 3 atom stereocenters. The third-order valence-corrected chi connectivity index (χ3v) is 12.9. The van der Waals surface area contributed by atoms with Crippen LogP contribution in [0.15, 0.2) is 54.6 Å². The first-order valence-electron chi connectivity index (χ1n) is 20.3. The number of fused-ring (bicyclic) bond motifs is 1. The van der Waals surface area contributed by atoms with Crippen LogP contribution in [-0.2, 0) is 16.1 Å². The summed E-state index contributed by atoms with van der Waals surface area (Å²) in [5.74, 6) is -0.677. The number of rotatable bonds is 7. The molecule has 8 rings (SSSR count). The van der Waals surface area contributed by atoms with Crippen LogP contribution in [0.4, 0.5) is 31.9 Å². The van der Waals surface area contributed by atoms with Crippen molar-refractivity contribution in [1.29, 1.82) is 5.26 Å². The normalized spacial score (nSPS) is 23.2. The van der Waals surface area contributed by atoms with E-state index >= 15 is 4.39 Å². The molecule has 5 aliphatic heterocycles. The topological polar surface area (TPSA) is 136 Å². The number of nitriles is 1. The monoisotopic (exact) mass is 809 g/mol. The number of benzene rings is 3. The summed E-state index contributed by atoms with van der Waals surface area (Å²) in [7, 11) is 0. The summed E-state index contributed by atoms with van der Waals surface area (Å²) in [6.45, 7) is 11.6. The zero-order valence-corrected chi connectivity index (χ0v) is 33.7. The molecule has 5 heterocycles. The van der Waals surface area contributed by atoms with Crippen LogP contribution in [0.2, 0.25) is 5.02 Å². The molecule has 2 N–H and O–H groups in total. The van der Waals surface area contributed by atoms with E-state index in [1.807, 2.05) is 32.0 Å². The summed E-state index contributed by atoms with van der Waals surface area (Å²) in [5, 5.41) is 14.9. The summed E-state index contributed by atoms with van der Waals surface area (Å²) < 4.78 is 15.6. The number of nitrogens with zero attached hydrogens (tertiary/aromatic N) is 7. The molecule has 0 bridgehead atoms. The number of halogens is 2. The Bertz CT molecular complexity index is 2150. The Morgan fingerprint density at radius 2 is 1.64 bits per heavy atom. The third kappa shape index (κ3) is 8.02. The summed E-state index contributed by atoms with van der Waals surface area (Å²) in [6.07, 6.45) is 2.53. The van der Waals surface area contributed by atoms with E-state index in [9.17, 15) is 24.4 Å². The van der Waals surface area contributed by atoms with Crippen LogP contribution in [0.5, 0.6) is 0 Å². The molecule has 4 saturated heterocycles. The van der Waals surface area contributed by atoms with Crippen LogP contribution in [0.3, 0.4) is 0 Å². The van der Waals surface area contributed by atoms with Gasteiger partial charge in [0.1, 0.15) is 17.9 Å². The molecule has 3 aromatic carbocycles. The standard InChI is InChI=1S/C43H49ClFN9O4/c1-27-24-53(28(2)23-52(27)34-5-3-30(22-46)36(44)21-34)43(58)47-32-4-8-38(37(45)20-32)51-13-11-29(12-14-51)25-49-15-17-50(18-16-49)33-6-7-35-31(19-33)26-54(42(35)57)39-9-10-40(55)48-41(39)56/h3-8,19-21,27-29,39H,9-18,23-26H2,1-2H3,(H,47,58)(H,48,55,56)/t27-,28+,39?/m0/s1. The molecule has 0 aromatic heterocycles. The Morgan fingerprint density at radius 1 is 0.879 bits per heavy atom. The van der Waals surface area contributed by atoms with Crippen molar-refractivity contribution in [3.63, 3.8) is 0 Å². The summed E-state index contributed by atoms with van der Waals surface area (Å²) in [5.41, 5.74) is 4.92. The van der Waals surface area contributed by atoms with Crippen molar-refractivity contribution in [3.05, 3.63) is 82.1 Å². The van der Waals surface area contributed by atoms with Crippen LogP contribution in [0, 0.1) is 23.1 Å². The number of carbonyl (C=O) groups excluding carboxylic acids is 4. The minimum Gasteiger partial charge on any atom is -0.369 e. The van der Waals surface area contributed by atoms with E-state index in [0.29, 0.717) is 59.5 Å². The van der Waals surface area contributed by atoms with Gasteiger partial charge in [0.25, 0.3) is 5.91 Å². The zero-order chi connectivity index (χ0) is 40.7. The number of nitrogens with one attached hydrogen (secondary N) is 2. The Kier molecular flexibility index (Phi) is 11.2. The highest BCUT2D eigenvalue weighted by Gasteiger charge is 2.39. The summed E-state index contributed by atoms with van der Waals surface area (Å²) in [4.78, 5) is 63.1. The highest BCUT2D eigenvalue weighted by molar-refractivity contribution is 6.32. The molecule has 13 nitrogen and oxygen atoms in total. The highest BCUT2D eigenvalue weighted by Crippen LogP contribution is 2.33. The largest absolute Gasteiger partial charge is 0.369 e. The van der Waals surface area contributed by atoms with Crippen LogP contribution in [0.25, 0.3) is 0 Å². The van der Waals surface area contributed by atoms with E-state index < -0.39 is 11.9 Å². The number of urea groups is 1. The maximum absolute atomic E-state index is 15.6. The molecule has 5 amide bonds. The number of piperazine rings is 2. The quantitative estimate of drug-likeness (QED) is 0.306. The van der Waals surface area contributed by atoms with Gasteiger partial charge in [-0.15, -0.1) is 0 Å². The highest BCUT2D eigenvalue weighted by atomic mass is 35.5. The first kappa shape index (κ1) is 39.4. The van der Waals surface area contributed by atoms with Crippen molar-refractivity contribution in [1.82, 2.24) is 20.0 Å². The van der Waals surface area contributed by atoms with Gasteiger partial charge in [0.2, 0.25) is 11.8 Å². The van der Waals surface area contributed by atoms with Gasteiger partial charge in [0.15, 0.2) is 0 Å². The van der Waals surface area contributed by atoms with Crippen molar-refractivity contribution in [2.75, 3.05) is 78.9 Å². The molecule has 0 radical (unpaired) electrons. The van der Waals surface area contributed by atoms with Gasteiger partial charge in [-0.3, -0.25) is 24.6 Å². The van der Waals surface area contributed by atoms with Crippen molar-refractivity contribution in [2.24, 2.45) is 5.92 Å². The van der Waals surface area contributed by atoms with Gasteiger partial charge in [-0.25, -0.2) is 9.18 Å². The molecule has 58 heavy (non-hydrogen) atoms. The van der Waals surface area contributed by atoms with Crippen molar-refractivity contribution < 1.29 is 23.6 Å². The molecule has 3 aromatic rings. The van der Waals surface area contributed by atoms with Gasteiger partial charge >= 0.3 is 6.03 Å². The number of anilines is 4. The Labute approximate surface area is 343 Å². The fourth-order valence-corrected chi connectivity index (χ4v) is 9.46. The lowest BCUT2D eigenvalue weighted by Crippen LogP contribution is -2.59. The second-order valence-corrected chi connectivity index (χ2v) is 16.7. The zero-order valence-electron chi connectivity index (χ0n) is 32.9. The number of hydrogen-bond donors (Lipinski definition) is 2. The van der Waals surface area contributed by atoms with Crippen LogP contribution in [0.1, 0.15) is 61.0 Å². The van der Waals surface area contributed by atoms with Crippen LogP contribution >= 0.6 is 11.6 Å². The van der Waals surface area contributed by atoms with Gasteiger partial charge in [-0.1, -0.05) is 11.6 Å². The van der Waals surface area contributed by atoms with E-state index in [0.717, 1.165) is 75.6 Å². The number of amides is 5. The number of imide groups is 1. The van der Waals surface area contributed by atoms with Crippen molar-refractivity contribution in [2.45, 2.75) is 64.2 Å². The molecule has 5 aliphatic rings. The van der Waals surface area contributed by atoms with Crippen molar-refractivity contribution in [3.8, 4) is 6.07 Å². The minimum absolute atomic E-state index is 0.00469. The van der Waals surface area contributed by atoms with Crippen LogP contribution in [-0.4, -0.2) is 115 Å². The van der Waals surface area contributed by atoms with E-state index in [-0.39, 0.29) is 42.2 Å².